The maximum Gasteiger partial charge on any atom is 0.223 e. The minimum absolute atomic E-state index is 0.155. The lowest BCUT2D eigenvalue weighted by Gasteiger charge is -2.31. The van der Waals surface area contributed by atoms with Crippen LogP contribution in [-0.4, -0.2) is 49.9 Å². The van der Waals surface area contributed by atoms with Gasteiger partial charge in [-0.15, -0.1) is 0 Å². The van der Waals surface area contributed by atoms with Crippen LogP contribution in [0, 0.1) is 17.9 Å². The quantitative estimate of drug-likeness (QED) is 0.576. The second kappa shape index (κ2) is 7.52. The molecular weight excluding hydrogens is 292 g/mol. The first-order chi connectivity index (χ1) is 10.4. The summed E-state index contributed by atoms with van der Waals surface area (Å²) in [5.41, 5.74) is 0. The van der Waals surface area contributed by atoms with E-state index in [2.05, 4.69) is 43.8 Å². The van der Waals surface area contributed by atoms with E-state index in [4.69, 9.17) is 4.43 Å². The van der Waals surface area contributed by atoms with Crippen molar-refractivity contribution in [2.75, 3.05) is 19.6 Å². The molecule has 22 heavy (non-hydrogen) atoms. The van der Waals surface area contributed by atoms with Crippen molar-refractivity contribution in [2.45, 2.75) is 64.9 Å². The minimum atomic E-state index is -1.62. The van der Waals surface area contributed by atoms with Crippen molar-refractivity contribution in [3.63, 3.8) is 0 Å². The molecule has 2 aliphatic rings. The number of rotatable bonds is 5. The van der Waals surface area contributed by atoms with Crippen molar-refractivity contribution in [1.29, 1.82) is 0 Å². The molecular formula is C17H30N2O2Si. The van der Waals surface area contributed by atoms with Gasteiger partial charge in [-0.05, 0) is 44.3 Å². The highest BCUT2D eigenvalue weighted by molar-refractivity contribution is 6.71. The Kier molecular flexibility index (Phi) is 5.93. The normalized spacial score (nSPS) is 22.4. The molecule has 0 aromatic carbocycles. The number of hydrogen-bond acceptors (Lipinski definition) is 3. The first-order valence-electron chi connectivity index (χ1n) is 8.58. The second-order valence-corrected chi connectivity index (χ2v) is 11.6. The van der Waals surface area contributed by atoms with Crippen LogP contribution in [0.1, 0.15) is 39.5 Å². The SMILES string of the molecule is CC(C)C[Si](C)(C)O[C@@H]1CCCN1C#CCN1CCCC1=O. The third kappa shape index (κ3) is 5.03. The Morgan fingerprint density at radius 2 is 2.09 bits per heavy atom. The Bertz CT molecular complexity index is 453. The lowest BCUT2D eigenvalue weighted by molar-refractivity contribution is -0.127. The van der Waals surface area contributed by atoms with Crippen LogP contribution in [0.5, 0.6) is 0 Å². The summed E-state index contributed by atoms with van der Waals surface area (Å²) in [5.74, 6) is 4.10. The summed E-state index contributed by atoms with van der Waals surface area (Å²) in [6.45, 7) is 11.5. The van der Waals surface area contributed by atoms with E-state index in [1.807, 2.05) is 4.90 Å². The molecule has 4 nitrogen and oxygen atoms in total. The molecule has 0 spiro atoms. The Balaban J connectivity index is 1.86. The van der Waals surface area contributed by atoms with E-state index in [9.17, 15) is 4.79 Å². The molecule has 0 bridgehead atoms. The summed E-state index contributed by atoms with van der Waals surface area (Å²) in [6.07, 6.45) is 4.04. The van der Waals surface area contributed by atoms with Gasteiger partial charge in [-0.1, -0.05) is 19.8 Å². The Labute approximate surface area is 136 Å². The molecule has 2 aliphatic heterocycles. The highest BCUT2D eigenvalue weighted by Gasteiger charge is 2.32. The fourth-order valence-electron chi connectivity index (χ4n) is 3.49. The third-order valence-corrected chi connectivity index (χ3v) is 6.93. The van der Waals surface area contributed by atoms with Crippen molar-refractivity contribution < 1.29 is 9.22 Å². The summed E-state index contributed by atoms with van der Waals surface area (Å²) in [6, 6.07) is 4.43. The zero-order chi connectivity index (χ0) is 16.2. The zero-order valence-corrected chi connectivity index (χ0v) is 15.5. The summed E-state index contributed by atoms with van der Waals surface area (Å²) >= 11 is 0. The topological polar surface area (TPSA) is 32.8 Å². The minimum Gasteiger partial charge on any atom is -0.397 e. The molecule has 1 amide bonds. The van der Waals surface area contributed by atoms with Crippen molar-refractivity contribution in [2.24, 2.45) is 5.92 Å². The van der Waals surface area contributed by atoms with Gasteiger partial charge in [0, 0.05) is 25.6 Å². The predicted octanol–water partition coefficient (Wildman–Crippen LogP) is 2.87. The Hall–Kier alpha value is -0.993. The van der Waals surface area contributed by atoms with Crippen LogP contribution in [0.2, 0.25) is 19.1 Å². The van der Waals surface area contributed by atoms with Gasteiger partial charge in [0.2, 0.25) is 5.91 Å². The van der Waals surface area contributed by atoms with Crippen LogP contribution in [0.15, 0.2) is 0 Å². The van der Waals surface area contributed by atoms with E-state index >= 15 is 0 Å². The molecule has 0 radical (unpaired) electrons. The van der Waals surface area contributed by atoms with Gasteiger partial charge in [-0.2, -0.15) is 0 Å². The second-order valence-electron chi connectivity index (χ2n) is 7.47. The van der Waals surface area contributed by atoms with Crippen LogP contribution < -0.4 is 0 Å². The monoisotopic (exact) mass is 322 g/mol. The maximum absolute atomic E-state index is 11.6. The summed E-state index contributed by atoms with van der Waals surface area (Å²) in [4.78, 5) is 15.6. The molecule has 0 saturated carbocycles. The highest BCUT2D eigenvalue weighted by atomic mass is 28.4. The van der Waals surface area contributed by atoms with Crippen LogP contribution in [0.3, 0.4) is 0 Å². The first kappa shape index (κ1) is 17.4. The Morgan fingerprint density at radius 3 is 2.73 bits per heavy atom. The van der Waals surface area contributed by atoms with Gasteiger partial charge in [0.1, 0.15) is 6.23 Å². The summed E-state index contributed by atoms with van der Waals surface area (Å²) in [7, 11) is -1.62. The number of carbonyl (C=O) groups excluding carboxylic acids is 1. The molecule has 0 unspecified atom stereocenters. The summed E-state index contributed by atoms with van der Waals surface area (Å²) < 4.78 is 6.45. The molecule has 0 N–H and O–H groups in total. The zero-order valence-electron chi connectivity index (χ0n) is 14.5. The standard InChI is InChI=1S/C17H30N2O2Si/c1-15(2)14-22(3,4)21-17-9-6-11-19(17)13-7-12-18-10-5-8-16(18)20/h15,17H,5-6,8-12,14H2,1-4H3/t17-/m1/s1. The van der Waals surface area contributed by atoms with Gasteiger partial charge in [0.05, 0.1) is 6.54 Å². The smallest absolute Gasteiger partial charge is 0.223 e. The van der Waals surface area contributed by atoms with Crippen molar-refractivity contribution in [3.05, 3.63) is 0 Å². The van der Waals surface area contributed by atoms with E-state index in [0.29, 0.717) is 18.9 Å². The molecule has 0 aromatic heterocycles. The molecule has 0 aromatic rings. The number of hydrogen-bond donors (Lipinski definition) is 0. The van der Waals surface area contributed by atoms with Crippen LogP contribution in [0.25, 0.3) is 0 Å². The maximum atomic E-state index is 11.6. The van der Waals surface area contributed by atoms with E-state index in [0.717, 1.165) is 32.4 Å². The first-order valence-corrected chi connectivity index (χ1v) is 11.7. The molecule has 2 rings (SSSR count). The van der Waals surface area contributed by atoms with Gasteiger partial charge < -0.3 is 14.2 Å². The molecule has 124 valence electrons. The van der Waals surface area contributed by atoms with Gasteiger partial charge >= 0.3 is 0 Å². The molecule has 2 heterocycles. The highest BCUT2D eigenvalue weighted by Crippen LogP contribution is 2.25. The molecule has 5 heteroatoms. The third-order valence-electron chi connectivity index (χ3n) is 4.22. The molecule has 2 fully saturated rings. The summed E-state index contributed by atoms with van der Waals surface area (Å²) in [5, 5.41) is 0. The molecule has 2 saturated heterocycles. The van der Waals surface area contributed by atoms with Gasteiger partial charge in [-0.3, -0.25) is 4.79 Å². The number of amides is 1. The fraction of sp³-hybridized carbons (Fsp3) is 0.824. The average molecular weight is 323 g/mol. The molecule has 1 atom stereocenters. The predicted molar refractivity (Wildman–Crippen MR) is 91.5 cm³/mol. The van der Waals surface area contributed by atoms with Crippen LogP contribution in [0.4, 0.5) is 0 Å². The lowest BCUT2D eigenvalue weighted by Crippen LogP contribution is -2.41. The van der Waals surface area contributed by atoms with E-state index in [1.165, 1.54) is 6.04 Å². The van der Waals surface area contributed by atoms with Gasteiger partial charge in [-0.25, -0.2) is 0 Å². The van der Waals surface area contributed by atoms with Crippen molar-refractivity contribution in [3.8, 4) is 12.0 Å². The van der Waals surface area contributed by atoms with Gasteiger partial charge in [0.15, 0.2) is 8.32 Å². The average Bonchev–Trinajstić information content (AvgIpc) is 2.98. The van der Waals surface area contributed by atoms with Crippen molar-refractivity contribution >= 4 is 14.2 Å². The molecule has 0 aliphatic carbocycles. The lowest BCUT2D eigenvalue weighted by atomic mass is 10.3. The fourth-order valence-corrected chi connectivity index (χ4v) is 6.53. The number of nitrogens with zero attached hydrogens (tertiary/aromatic N) is 2. The van der Waals surface area contributed by atoms with Gasteiger partial charge in [0.25, 0.3) is 0 Å². The number of carbonyl (C=O) groups is 1. The van der Waals surface area contributed by atoms with E-state index in [-0.39, 0.29) is 12.1 Å². The van der Waals surface area contributed by atoms with E-state index < -0.39 is 8.32 Å². The largest absolute Gasteiger partial charge is 0.397 e. The Morgan fingerprint density at radius 1 is 1.32 bits per heavy atom. The van der Waals surface area contributed by atoms with E-state index in [1.54, 1.807) is 0 Å². The van der Waals surface area contributed by atoms with Crippen LogP contribution >= 0.6 is 0 Å². The van der Waals surface area contributed by atoms with Crippen molar-refractivity contribution in [1.82, 2.24) is 9.80 Å². The van der Waals surface area contributed by atoms with Crippen LogP contribution in [-0.2, 0) is 9.22 Å². The number of likely N-dealkylation sites (tertiary alicyclic amines) is 2.